The van der Waals surface area contributed by atoms with Crippen LogP contribution in [0, 0.1) is 5.92 Å². The fraction of sp³-hybridized carbons (Fsp3) is 0.400. The topological polar surface area (TPSA) is 54.5 Å². The minimum atomic E-state index is -0.0263. The van der Waals surface area contributed by atoms with E-state index in [-0.39, 0.29) is 11.9 Å². The van der Waals surface area contributed by atoms with Crippen LogP contribution < -0.4 is 10.1 Å². The number of pyridine rings is 1. The van der Waals surface area contributed by atoms with Gasteiger partial charge in [-0.3, -0.25) is 14.7 Å². The molecule has 3 saturated heterocycles. The van der Waals surface area contributed by atoms with E-state index in [0.717, 1.165) is 13.1 Å². The molecule has 0 saturated carbocycles. The van der Waals surface area contributed by atoms with E-state index < -0.39 is 0 Å². The molecule has 0 unspecified atom stereocenters. The number of hydrogen-bond acceptors (Lipinski definition) is 4. The first-order valence-corrected chi connectivity index (χ1v) is 9.42. The Morgan fingerprint density at radius 2 is 1.96 bits per heavy atom. The Hall–Kier alpha value is -2.11. The summed E-state index contributed by atoms with van der Waals surface area (Å²) in [5.74, 6) is 1.68. The fourth-order valence-electron chi connectivity index (χ4n) is 4.02. The van der Waals surface area contributed by atoms with Gasteiger partial charge in [0.2, 0.25) is 0 Å². The molecule has 5 nitrogen and oxygen atoms in total. The Morgan fingerprint density at radius 3 is 2.62 bits per heavy atom. The van der Waals surface area contributed by atoms with Crippen molar-refractivity contribution < 1.29 is 9.53 Å². The van der Waals surface area contributed by atoms with Gasteiger partial charge in [0, 0.05) is 23.8 Å². The van der Waals surface area contributed by atoms with Gasteiger partial charge >= 0.3 is 0 Å². The summed E-state index contributed by atoms with van der Waals surface area (Å²) >= 11 is 6.08. The van der Waals surface area contributed by atoms with Gasteiger partial charge in [-0.25, -0.2) is 0 Å². The van der Waals surface area contributed by atoms with Gasteiger partial charge in [0.25, 0.3) is 5.91 Å². The van der Waals surface area contributed by atoms with E-state index in [1.807, 2.05) is 0 Å². The summed E-state index contributed by atoms with van der Waals surface area (Å²) in [5, 5.41) is 3.74. The standard InChI is InChI=1S/C20H22ClN3O2/c1-13-19(14-7-10-24(13)11-8-14)23-20(25)15-2-4-16(5-3-15)26-18-12-22-9-6-17(18)21/h2-6,9,12-14,19H,7-8,10-11H2,1H3,(H,23,25)/t13-,19-/m0/s1. The molecule has 6 heteroatoms. The average Bonchev–Trinajstić information content (AvgIpc) is 2.67. The van der Waals surface area contributed by atoms with E-state index in [4.69, 9.17) is 16.3 Å². The Labute approximate surface area is 158 Å². The first-order chi connectivity index (χ1) is 12.6. The lowest BCUT2D eigenvalue weighted by Gasteiger charge is -2.49. The zero-order valence-corrected chi connectivity index (χ0v) is 15.4. The minimum absolute atomic E-state index is 0.0263. The Bertz CT molecular complexity index is 786. The first-order valence-electron chi connectivity index (χ1n) is 9.04. The van der Waals surface area contributed by atoms with E-state index in [0.29, 0.717) is 34.0 Å². The van der Waals surface area contributed by atoms with Gasteiger partial charge < -0.3 is 10.1 Å². The van der Waals surface area contributed by atoms with Crippen molar-refractivity contribution in [1.82, 2.24) is 15.2 Å². The first kappa shape index (κ1) is 17.3. The second-order valence-corrected chi connectivity index (χ2v) is 7.45. The molecule has 26 heavy (non-hydrogen) atoms. The number of amides is 1. The lowest BCUT2D eigenvalue weighted by Crippen LogP contribution is -2.62. The molecule has 2 bridgehead atoms. The summed E-state index contributed by atoms with van der Waals surface area (Å²) in [6, 6.07) is 9.42. The fourth-order valence-corrected chi connectivity index (χ4v) is 4.16. The highest BCUT2D eigenvalue weighted by atomic mass is 35.5. The second kappa shape index (κ2) is 7.25. The summed E-state index contributed by atoms with van der Waals surface area (Å²) < 4.78 is 5.72. The summed E-state index contributed by atoms with van der Waals surface area (Å²) in [5.41, 5.74) is 0.637. The molecule has 1 aromatic carbocycles. The van der Waals surface area contributed by atoms with E-state index >= 15 is 0 Å². The quantitative estimate of drug-likeness (QED) is 0.889. The lowest BCUT2D eigenvalue weighted by atomic mass is 9.79. The number of fused-ring (bicyclic) bond motifs is 3. The van der Waals surface area contributed by atoms with Crippen molar-refractivity contribution in [3.8, 4) is 11.5 Å². The highest BCUT2D eigenvalue weighted by molar-refractivity contribution is 6.32. The molecule has 2 atom stereocenters. The van der Waals surface area contributed by atoms with Crippen LogP contribution in [0.3, 0.4) is 0 Å². The van der Waals surface area contributed by atoms with Crippen LogP contribution in [0.15, 0.2) is 42.7 Å². The van der Waals surface area contributed by atoms with Gasteiger partial charge in [-0.2, -0.15) is 0 Å². The molecule has 5 rings (SSSR count). The van der Waals surface area contributed by atoms with Crippen LogP contribution in [-0.4, -0.2) is 41.0 Å². The average molecular weight is 372 g/mol. The number of hydrogen-bond donors (Lipinski definition) is 1. The largest absolute Gasteiger partial charge is 0.454 e. The second-order valence-electron chi connectivity index (χ2n) is 7.05. The molecule has 3 aliphatic heterocycles. The van der Waals surface area contributed by atoms with E-state index in [1.54, 1.807) is 42.7 Å². The van der Waals surface area contributed by atoms with Crippen molar-refractivity contribution in [1.29, 1.82) is 0 Å². The third-order valence-corrected chi connectivity index (χ3v) is 5.87. The number of carbonyl (C=O) groups excluding carboxylic acids is 1. The van der Waals surface area contributed by atoms with E-state index in [2.05, 4.69) is 22.1 Å². The van der Waals surface area contributed by atoms with Crippen LogP contribution >= 0.6 is 11.6 Å². The number of aromatic nitrogens is 1. The van der Waals surface area contributed by atoms with Crippen LogP contribution in [-0.2, 0) is 0 Å². The molecule has 1 aromatic heterocycles. The maximum absolute atomic E-state index is 12.7. The van der Waals surface area contributed by atoms with Crippen molar-refractivity contribution >= 4 is 17.5 Å². The van der Waals surface area contributed by atoms with Crippen LogP contribution in [0.25, 0.3) is 0 Å². The maximum Gasteiger partial charge on any atom is 0.251 e. The summed E-state index contributed by atoms with van der Waals surface area (Å²) in [7, 11) is 0. The van der Waals surface area contributed by atoms with E-state index in [1.165, 1.54) is 12.8 Å². The molecule has 1 amide bonds. The summed E-state index contributed by atoms with van der Waals surface area (Å²) in [6.07, 6.45) is 5.53. The highest BCUT2D eigenvalue weighted by Crippen LogP contribution is 2.32. The predicted molar refractivity (Wildman–Crippen MR) is 101 cm³/mol. The zero-order valence-electron chi connectivity index (χ0n) is 14.7. The zero-order chi connectivity index (χ0) is 18.1. The number of benzene rings is 1. The maximum atomic E-state index is 12.7. The molecule has 1 N–H and O–H groups in total. The number of nitrogens with zero attached hydrogens (tertiary/aromatic N) is 2. The normalized spacial score (nSPS) is 27.2. The van der Waals surface area contributed by atoms with Crippen molar-refractivity contribution in [3.05, 3.63) is 53.3 Å². The van der Waals surface area contributed by atoms with Gasteiger partial charge in [-0.15, -0.1) is 0 Å². The third kappa shape index (κ3) is 3.41. The highest BCUT2D eigenvalue weighted by Gasteiger charge is 2.40. The Balaban J connectivity index is 1.42. The summed E-state index contributed by atoms with van der Waals surface area (Å²) in [6.45, 7) is 4.52. The number of rotatable bonds is 4. The number of nitrogens with one attached hydrogen (secondary N) is 1. The number of ether oxygens (including phenoxy) is 1. The molecule has 136 valence electrons. The van der Waals surface area contributed by atoms with Crippen molar-refractivity contribution in [2.45, 2.75) is 31.8 Å². The molecular weight excluding hydrogens is 350 g/mol. The van der Waals surface area contributed by atoms with Crippen LogP contribution in [0.4, 0.5) is 0 Å². The van der Waals surface area contributed by atoms with Crippen molar-refractivity contribution in [3.63, 3.8) is 0 Å². The third-order valence-electron chi connectivity index (χ3n) is 5.55. The predicted octanol–water partition coefficient (Wildman–Crippen LogP) is 3.74. The number of carbonyl (C=O) groups is 1. The molecule has 4 heterocycles. The van der Waals surface area contributed by atoms with Crippen LogP contribution in [0.5, 0.6) is 11.5 Å². The minimum Gasteiger partial charge on any atom is -0.454 e. The van der Waals surface area contributed by atoms with Gasteiger partial charge in [0.15, 0.2) is 5.75 Å². The molecule has 0 aliphatic carbocycles. The molecule has 3 fully saturated rings. The molecule has 3 aliphatic rings. The van der Waals surface area contributed by atoms with Crippen molar-refractivity contribution in [2.75, 3.05) is 13.1 Å². The van der Waals surface area contributed by atoms with Crippen LogP contribution in [0.1, 0.15) is 30.1 Å². The van der Waals surface area contributed by atoms with Gasteiger partial charge in [0.1, 0.15) is 5.75 Å². The van der Waals surface area contributed by atoms with Gasteiger partial charge in [0.05, 0.1) is 11.2 Å². The lowest BCUT2D eigenvalue weighted by molar-refractivity contribution is 0.0217. The number of halogens is 1. The molecule has 0 spiro atoms. The van der Waals surface area contributed by atoms with E-state index in [9.17, 15) is 4.79 Å². The molecule has 0 radical (unpaired) electrons. The molecule has 2 aromatic rings. The molecular formula is C20H22ClN3O2. The van der Waals surface area contributed by atoms with Crippen LogP contribution in [0.2, 0.25) is 5.02 Å². The van der Waals surface area contributed by atoms with Gasteiger partial charge in [-0.05, 0) is 69.1 Å². The monoisotopic (exact) mass is 371 g/mol. The Kier molecular flexibility index (Phi) is 4.83. The van der Waals surface area contributed by atoms with Crippen molar-refractivity contribution in [2.24, 2.45) is 5.92 Å². The van der Waals surface area contributed by atoms with Gasteiger partial charge in [-0.1, -0.05) is 11.6 Å². The summed E-state index contributed by atoms with van der Waals surface area (Å²) in [4.78, 5) is 19.1. The number of piperidine rings is 3. The SMILES string of the molecule is C[C@H]1[C@H](NC(=O)c2ccc(Oc3cnccc3Cl)cc2)C2CCN1CC2. The smallest absolute Gasteiger partial charge is 0.251 e. The Morgan fingerprint density at radius 1 is 1.23 bits per heavy atom.